The predicted octanol–water partition coefficient (Wildman–Crippen LogP) is 3.55. The molecule has 1 aromatic carbocycles. The van der Waals surface area contributed by atoms with E-state index < -0.39 is 5.97 Å². The fourth-order valence-corrected chi connectivity index (χ4v) is 3.65. The van der Waals surface area contributed by atoms with Crippen LogP contribution in [0, 0.1) is 12.7 Å². The molecule has 0 unspecified atom stereocenters. The van der Waals surface area contributed by atoms with E-state index in [1.165, 1.54) is 28.4 Å². The van der Waals surface area contributed by atoms with Crippen molar-refractivity contribution in [1.29, 1.82) is 0 Å². The van der Waals surface area contributed by atoms with Crippen LogP contribution in [-0.4, -0.2) is 34.5 Å². The lowest BCUT2D eigenvalue weighted by molar-refractivity contribution is -0.137. The molecule has 0 saturated heterocycles. The van der Waals surface area contributed by atoms with E-state index in [9.17, 15) is 14.0 Å². The number of carbonyl (C=O) groups is 2. The van der Waals surface area contributed by atoms with Gasteiger partial charge in [-0.25, -0.2) is 4.39 Å². The third kappa shape index (κ3) is 3.42. The van der Waals surface area contributed by atoms with E-state index in [1.807, 2.05) is 6.92 Å². The van der Waals surface area contributed by atoms with Gasteiger partial charge in [0.05, 0.1) is 4.88 Å². The number of carbonyl (C=O) groups excluding carboxylic acids is 1. The molecule has 1 aliphatic rings. The lowest BCUT2D eigenvalue weighted by Crippen LogP contribution is -2.37. The lowest BCUT2D eigenvalue weighted by Gasteiger charge is -2.19. The summed E-state index contributed by atoms with van der Waals surface area (Å²) in [6, 6.07) is 7.95. The number of rotatable bonds is 5. The molecule has 1 aliphatic carbocycles. The van der Waals surface area contributed by atoms with Crippen molar-refractivity contribution in [3.8, 4) is 10.4 Å². The summed E-state index contributed by atoms with van der Waals surface area (Å²) in [5.41, 5.74) is 1.78. The third-order valence-corrected chi connectivity index (χ3v) is 5.06. The van der Waals surface area contributed by atoms with Gasteiger partial charge in [-0.2, -0.15) is 0 Å². The Morgan fingerprint density at radius 3 is 2.52 bits per heavy atom. The number of aryl methyl sites for hydroxylation is 1. The molecule has 0 radical (unpaired) electrons. The van der Waals surface area contributed by atoms with E-state index >= 15 is 0 Å². The van der Waals surface area contributed by atoms with Gasteiger partial charge in [0, 0.05) is 10.9 Å². The molecule has 23 heavy (non-hydrogen) atoms. The van der Waals surface area contributed by atoms with E-state index in [1.54, 1.807) is 18.2 Å². The first-order valence-electron chi connectivity index (χ1n) is 7.35. The van der Waals surface area contributed by atoms with E-state index in [-0.39, 0.29) is 24.3 Å². The molecule has 3 rings (SSSR count). The molecule has 1 aromatic heterocycles. The summed E-state index contributed by atoms with van der Waals surface area (Å²) in [5.74, 6) is -1.55. The van der Waals surface area contributed by atoms with Gasteiger partial charge in [-0.15, -0.1) is 11.3 Å². The molecule has 0 bridgehead atoms. The number of halogens is 1. The SMILES string of the molecule is Cc1cc(C(=O)N(CC(=O)O)C2CC2)sc1-c1ccc(F)cc1. The summed E-state index contributed by atoms with van der Waals surface area (Å²) in [5, 5.41) is 8.99. The van der Waals surface area contributed by atoms with E-state index in [2.05, 4.69) is 0 Å². The van der Waals surface area contributed by atoms with Crippen molar-refractivity contribution >= 4 is 23.2 Å². The maximum absolute atomic E-state index is 13.0. The smallest absolute Gasteiger partial charge is 0.323 e. The van der Waals surface area contributed by atoms with Crippen LogP contribution in [0.15, 0.2) is 30.3 Å². The molecule has 6 heteroatoms. The maximum atomic E-state index is 13.0. The average molecular weight is 333 g/mol. The number of hydrogen-bond acceptors (Lipinski definition) is 3. The Balaban J connectivity index is 1.88. The number of carboxylic acids is 1. The number of aliphatic carboxylic acids is 1. The molecular formula is C17H16FNO3S. The number of carboxylic acid groups (broad SMARTS) is 1. The van der Waals surface area contributed by atoms with Crippen LogP contribution in [0.5, 0.6) is 0 Å². The first-order chi connectivity index (χ1) is 11.0. The molecule has 1 N–H and O–H groups in total. The number of amides is 1. The van der Waals surface area contributed by atoms with Crippen molar-refractivity contribution in [2.75, 3.05) is 6.54 Å². The van der Waals surface area contributed by atoms with Crippen molar-refractivity contribution in [3.05, 3.63) is 46.6 Å². The maximum Gasteiger partial charge on any atom is 0.323 e. The molecule has 1 amide bonds. The zero-order valence-electron chi connectivity index (χ0n) is 12.6. The molecule has 4 nitrogen and oxygen atoms in total. The molecule has 1 fully saturated rings. The lowest BCUT2D eigenvalue weighted by atomic mass is 10.1. The second-order valence-corrected chi connectivity index (χ2v) is 6.74. The minimum absolute atomic E-state index is 0.0373. The van der Waals surface area contributed by atoms with Crippen molar-refractivity contribution < 1.29 is 19.1 Å². The first-order valence-corrected chi connectivity index (χ1v) is 8.16. The summed E-state index contributed by atoms with van der Waals surface area (Å²) in [4.78, 5) is 26.5. The first kappa shape index (κ1) is 15.7. The van der Waals surface area contributed by atoms with Crippen molar-refractivity contribution in [1.82, 2.24) is 4.90 Å². The van der Waals surface area contributed by atoms with Gasteiger partial charge in [-0.05, 0) is 49.1 Å². The Hall–Kier alpha value is -2.21. The minimum atomic E-state index is -1.00. The monoisotopic (exact) mass is 333 g/mol. The van der Waals surface area contributed by atoms with Crippen molar-refractivity contribution in [2.45, 2.75) is 25.8 Å². The highest BCUT2D eigenvalue weighted by molar-refractivity contribution is 7.17. The Bertz CT molecular complexity index is 750. The third-order valence-electron chi connectivity index (χ3n) is 3.79. The second kappa shape index (κ2) is 6.12. The normalized spacial score (nSPS) is 13.8. The Kier molecular flexibility index (Phi) is 4.17. The molecule has 1 heterocycles. The summed E-state index contributed by atoms with van der Waals surface area (Å²) in [7, 11) is 0. The highest BCUT2D eigenvalue weighted by Crippen LogP contribution is 2.35. The average Bonchev–Trinajstić information content (AvgIpc) is 3.27. The standard InChI is InChI=1S/C17H16FNO3S/c1-10-8-14(17(22)19(9-15(20)21)13-6-7-13)23-16(10)11-2-4-12(18)5-3-11/h2-5,8,13H,6-7,9H2,1H3,(H,20,21). The molecule has 2 aromatic rings. The summed E-state index contributed by atoms with van der Waals surface area (Å²) >= 11 is 1.32. The minimum Gasteiger partial charge on any atom is -0.480 e. The number of nitrogens with zero attached hydrogens (tertiary/aromatic N) is 1. The summed E-state index contributed by atoms with van der Waals surface area (Å²) < 4.78 is 13.0. The van der Waals surface area contributed by atoms with Gasteiger partial charge in [0.25, 0.3) is 5.91 Å². The Labute approximate surface area is 137 Å². The topological polar surface area (TPSA) is 57.6 Å². The van der Waals surface area contributed by atoms with Gasteiger partial charge >= 0.3 is 5.97 Å². The van der Waals surface area contributed by atoms with E-state index in [0.29, 0.717) is 4.88 Å². The van der Waals surface area contributed by atoms with Gasteiger partial charge in [0.15, 0.2) is 0 Å². The van der Waals surface area contributed by atoms with Crippen molar-refractivity contribution in [3.63, 3.8) is 0 Å². The summed E-state index contributed by atoms with van der Waals surface area (Å²) in [6.45, 7) is 1.62. The zero-order valence-corrected chi connectivity index (χ0v) is 13.4. The summed E-state index contributed by atoms with van der Waals surface area (Å²) in [6.07, 6.45) is 1.71. The van der Waals surface area contributed by atoms with Crippen LogP contribution in [0.3, 0.4) is 0 Å². The van der Waals surface area contributed by atoms with Crippen LogP contribution in [0.1, 0.15) is 28.1 Å². The van der Waals surface area contributed by atoms with Crippen molar-refractivity contribution in [2.24, 2.45) is 0 Å². The molecule has 0 spiro atoms. The van der Waals surface area contributed by atoms with Gasteiger partial charge in [-0.1, -0.05) is 12.1 Å². The van der Waals surface area contributed by atoms with Crippen LogP contribution >= 0.6 is 11.3 Å². The van der Waals surface area contributed by atoms with Gasteiger partial charge in [-0.3, -0.25) is 9.59 Å². The Morgan fingerprint density at radius 2 is 1.96 bits per heavy atom. The fourth-order valence-electron chi connectivity index (χ4n) is 2.52. The zero-order chi connectivity index (χ0) is 16.6. The van der Waals surface area contributed by atoms with E-state index in [0.717, 1.165) is 28.8 Å². The quantitative estimate of drug-likeness (QED) is 0.910. The largest absolute Gasteiger partial charge is 0.480 e. The van der Waals surface area contributed by atoms with Gasteiger partial charge in [0.2, 0.25) is 0 Å². The highest BCUT2D eigenvalue weighted by atomic mass is 32.1. The van der Waals surface area contributed by atoms with Gasteiger partial charge < -0.3 is 10.0 Å². The number of thiophene rings is 1. The molecule has 0 aliphatic heterocycles. The van der Waals surface area contributed by atoms with Crippen LogP contribution in [0.2, 0.25) is 0 Å². The number of benzene rings is 1. The van der Waals surface area contributed by atoms with Crippen LogP contribution in [0.25, 0.3) is 10.4 Å². The van der Waals surface area contributed by atoms with Crippen LogP contribution in [-0.2, 0) is 4.79 Å². The molecule has 120 valence electrons. The molecule has 1 saturated carbocycles. The fraction of sp³-hybridized carbons (Fsp3) is 0.294. The highest BCUT2D eigenvalue weighted by Gasteiger charge is 2.35. The molecular weight excluding hydrogens is 317 g/mol. The predicted molar refractivity (Wildman–Crippen MR) is 86.1 cm³/mol. The number of hydrogen-bond donors (Lipinski definition) is 1. The van der Waals surface area contributed by atoms with E-state index in [4.69, 9.17) is 5.11 Å². The van der Waals surface area contributed by atoms with Crippen LogP contribution in [0.4, 0.5) is 4.39 Å². The van der Waals surface area contributed by atoms with Crippen LogP contribution < -0.4 is 0 Å². The molecule has 0 atom stereocenters. The Morgan fingerprint density at radius 1 is 1.30 bits per heavy atom. The second-order valence-electron chi connectivity index (χ2n) is 5.69. The van der Waals surface area contributed by atoms with Gasteiger partial charge in [0.1, 0.15) is 12.4 Å².